The molecule has 4 aromatic rings. The highest BCUT2D eigenvalue weighted by atomic mass is 32.2. The monoisotopic (exact) mass is 532 g/mol. The van der Waals surface area contributed by atoms with Crippen LogP contribution in [0, 0.1) is 12.3 Å². The van der Waals surface area contributed by atoms with Gasteiger partial charge in [-0.25, -0.2) is 0 Å². The lowest BCUT2D eigenvalue weighted by molar-refractivity contribution is -0.114. The van der Waals surface area contributed by atoms with E-state index >= 15 is 0 Å². The zero-order valence-corrected chi connectivity index (χ0v) is 22.2. The van der Waals surface area contributed by atoms with E-state index in [9.17, 15) is 4.79 Å². The maximum Gasteiger partial charge on any atom is 0.283 e. The molecular weight excluding hydrogens is 508 g/mol. The van der Waals surface area contributed by atoms with Crippen molar-refractivity contribution in [1.29, 1.82) is 5.41 Å². The summed E-state index contributed by atoms with van der Waals surface area (Å²) in [5, 5.41) is 18.0. The van der Waals surface area contributed by atoms with Crippen molar-refractivity contribution in [3.8, 4) is 11.5 Å². The Labute approximate surface area is 230 Å². The van der Waals surface area contributed by atoms with Crippen molar-refractivity contribution in [2.75, 3.05) is 7.11 Å². The minimum absolute atomic E-state index is 0.0186. The van der Waals surface area contributed by atoms with Crippen molar-refractivity contribution in [3.63, 3.8) is 0 Å². The van der Waals surface area contributed by atoms with Gasteiger partial charge in [0.15, 0.2) is 17.3 Å². The van der Waals surface area contributed by atoms with Crippen LogP contribution >= 0.6 is 11.8 Å². The molecule has 0 saturated carbocycles. The van der Waals surface area contributed by atoms with E-state index in [1.165, 1.54) is 16.8 Å². The number of aliphatic imine (C=N–C) groups is 1. The van der Waals surface area contributed by atoms with Crippen LogP contribution in [0.4, 0.5) is 0 Å². The standard InChI is InChI=1S/C31H24N4O3S/c1-19-10-13-22(14-11-19)30-34-35-28(32)25(29(36)33-31(35)39-30)16-20-12-15-26(27(17-20)37-2)38-18-23-8-5-7-21-6-3-4-9-24(21)23/h3-17,32H,18H2,1-2H3/b25-16-,32-28?. The third kappa shape index (κ3) is 4.82. The Bertz CT molecular complexity index is 1720. The highest BCUT2D eigenvalue weighted by Gasteiger charge is 2.36. The number of carbonyl (C=O) groups is 1. The fraction of sp³-hybridized carbons (Fsp3) is 0.0968. The van der Waals surface area contributed by atoms with Gasteiger partial charge in [-0.3, -0.25) is 10.2 Å². The number of amidine groups is 2. The van der Waals surface area contributed by atoms with Gasteiger partial charge in [0.25, 0.3) is 5.91 Å². The first kappa shape index (κ1) is 24.6. The largest absolute Gasteiger partial charge is 0.493 e. The molecular formula is C31H24N4O3S. The summed E-state index contributed by atoms with van der Waals surface area (Å²) in [5.74, 6) is 0.616. The summed E-state index contributed by atoms with van der Waals surface area (Å²) in [6.07, 6.45) is 1.63. The summed E-state index contributed by atoms with van der Waals surface area (Å²) in [6.45, 7) is 2.40. The molecule has 0 saturated heterocycles. The number of hydrogen-bond acceptors (Lipinski definition) is 6. The second kappa shape index (κ2) is 10.2. The van der Waals surface area contributed by atoms with Crippen molar-refractivity contribution in [2.45, 2.75) is 13.5 Å². The molecule has 192 valence electrons. The number of nitrogens with one attached hydrogen (secondary N) is 1. The molecule has 1 N–H and O–H groups in total. The molecule has 0 aliphatic carbocycles. The molecule has 6 rings (SSSR count). The van der Waals surface area contributed by atoms with Gasteiger partial charge in [-0.1, -0.05) is 78.4 Å². The Hall–Kier alpha value is -4.69. The van der Waals surface area contributed by atoms with Crippen LogP contribution in [-0.2, 0) is 11.4 Å². The molecule has 8 heteroatoms. The summed E-state index contributed by atoms with van der Waals surface area (Å²) in [6, 6.07) is 27.7. The quantitative estimate of drug-likeness (QED) is 0.290. The average molecular weight is 533 g/mol. The van der Waals surface area contributed by atoms with Gasteiger partial charge in [0.1, 0.15) is 11.7 Å². The Kier molecular flexibility index (Phi) is 6.46. The molecule has 0 fully saturated rings. The van der Waals surface area contributed by atoms with E-state index in [-0.39, 0.29) is 11.4 Å². The number of rotatable bonds is 6. The SMILES string of the molecule is COc1cc(/C=C2/C(=N)N3N=C(c4ccc(C)cc4)SC3=NC2=O)ccc1OCc1cccc2ccccc12. The van der Waals surface area contributed by atoms with Gasteiger partial charge in [-0.05, 0) is 58.8 Å². The third-order valence-electron chi connectivity index (χ3n) is 6.51. The lowest BCUT2D eigenvalue weighted by Crippen LogP contribution is -2.35. The molecule has 0 bridgehead atoms. The summed E-state index contributed by atoms with van der Waals surface area (Å²) in [5.41, 5.74) is 3.97. The fourth-order valence-corrected chi connectivity index (χ4v) is 5.34. The summed E-state index contributed by atoms with van der Waals surface area (Å²) >= 11 is 1.28. The topological polar surface area (TPSA) is 87.3 Å². The summed E-state index contributed by atoms with van der Waals surface area (Å²) in [7, 11) is 1.57. The molecule has 0 aromatic heterocycles. The first-order valence-corrected chi connectivity index (χ1v) is 13.2. The van der Waals surface area contributed by atoms with Crippen LogP contribution in [0.15, 0.2) is 101 Å². The maximum absolute atomic E-state index is 12.9. The van der Waals surface area contributed by atoms with Crippen molar-refractivity contribution < 1.29 is 14.3 Å². The zero-order valence-electron chi connectivity index (χ0n) is 21.3. The highest BCUT2D eigenvalue weighted by molar-refractivity contribution is 8.27. The molecule has 2 heterocycles. The van der Waals surface area contributed by atoms with Gasteiger partial charge in [-0.2, -0.15) is 15.1 Å². The van der Waals surface area contributed by atoms with Crippen molar-refractivity contribution >= 4 is 50.6 Å². The zero-order chi connectivity index (χ0) is 26.9. The Morgan fingerprint density at radius 3 is 2.59 bits per heavy atom. The van der Waals surface area contributed by atoms with E-state index in [1.54, 1.807) is 25.3 Å². The number of amides is 1. The highest BCUT2D eigenvalue weighted by Crippen LogP contribution is 2.33. The summed E-state index contributed by atoms with van der Waals surface area (Å²) < 4.78 is 11.7. The number of methoxy groups -OCH3 is 1. The average Bonchev–Trinajstić information content (AvgIpc) is 3.39. The number of fused-ring (bicyclic) bond motifs is 2. The van der Waals surface area contributed by atoms with Crippen LogP contribution in [0.5, 0.6) is 11.5 Å². The molecule has 0 spiro atoms. The van der Waals surface area contributed by atoms with Crippen molar-refractivity contribution in [3.05, 3.63) is 113 Å². The second-order valence-electron chi connectivity index (χ2n) is 9.13. The second-order valence-corrected chi connectivity index (χ2v) is 10.1. The van der Waals surface area contributed by atoms with E-state index in [2.05, 4.69) is 28.3 Å². The van der Waals surface area contributed by atoms with Crippen LogP contribution < -0.4 is 9.47 Å². The summed E-state index contributed by atoms with van der Waals surface area (Å²) in [4.78, 5) is 17.1. The van der Waals surface area contributed by atoms with Gasteiger partial charge in [0, 0.05) is 5.56 Å². The number of nitrogens with zero attached hydrogens (tertiary/aromatic N) is 3. The van der Waals surface area contributed by atoms with Crippen LogP contribution in [0.2, 0.25) is 0 Å². The molecule has 0 atom stereocenters. The van der Waals surface area contributed by atoms with E-state index in [0.717, 1.165) is 27.5 Å². The molecule has 2 aliphatic rings. The Balaban J connectivity index is 1.23. The lowest BCUT2D eigenvalue weighted by Gasteiger charge is -2.20. The molecule has 7 nitrogen and oxygen atoms in total. The van der Waals surface area contributed by atoms with E-state index in [1.807, 2.05) is 61.5 Å². The predicted octanol–water partition coefficient (Wildman–Crippen LogP) is 6.40. The van der Waals surface area contributed by atoms with E-state index < -0.39 is 5.91 Å². The molecule has 0 radical (unpaired) electrons. The van der Waals surface area contributed by atoms with Crippen molar-refractivity contribution in [1.82, 2.24) is 5.01 Å². The first-order chi connectivity index (χ1) is 19.0. The van der Waals surface area contributed by atoms with Gasteiger partial charge in [-0.15, -0.1) is 0 Å². The van der Waals surface area contributed by atoms with Gasteiger partial charge in [0.05, 0.1) is 12.7 Å². The predicted molar refractivity (Wildman–Crippen MR) is 157 cm³/mol. The van der Waals surface area contributed by atoms with Crippen LogP contribution in [0.1, 0.15) is 22.3 Å². The first-order valence-electron chi connectivity index (χ1n) is 12.3. The molecule has 0 unspecified atom stereocenters. The van der Waals surface area contributed by atoms with Crippen molar-refractivity contribution in [2.24, 2.45) is 10.1 Å². The molecule has 4 aromatic carbocycles. The molecule has 39 heavy (non-hydrogen) atoms. The van der Waals surface area contributed by atoms with Crippen LogP contribution in [0.3, 0.4) is 0 Å². The lowest BCUT2D eigenvalue weighted by atomic mass is 10.1. The molecule has 1 amide bonds. The van der Waals surface area contributed by atoms with E-state index in [4.69, 9.17) is 14.9 Å². The number of hydrazone groups is 1. The fourth-order valence-electron chi connectivity index (χ4n) is 4.44. The third-order valence-corrected chi connectivity index (χ3v) is 7.47. The smallest absolute Gasteiger partial charge is 0.283 e. The Morgan fingerprint density at radius 1 is 0.974 bits per heavy atom. The minimum Gasteiger partial charge on any atom is -0.493 e. The van der Waals surface area contributed by atoms with Gasteiger partial charge < -0.3 is 9.47 Å². The van der Waals surface area contributed by atoms with Crippen LogP contribution in [0.25, 0.3) is 16.8 Å². The number of thioether (sulfide) groups is 1. The number of ether oxygens (including phenoxy) is 2. The number of benzene rings is 4. The molecule has 2 aliphatic heterocycles. The maximum atomic E-state index is 12.9. The van der Waals surface area contributed by atoms with Gasteiger partial charge >= 0.3 is 0 Å². The number of carbonyl (C=O) groups excluding carboxylic acids is 1. The van der Waals surface area contributed by atoms with E-state index in [0.29, 0.717) is 33.9 Å². The normalized spacial score (nSPS) is 15.8. The number of hydrogen-bond donors (Lipinski definition) is 1. The Morgan fingerprint density at radius 2 is 1.77 bits per heavy atom. The minimum atomic E-state index is -0.477. The van der Waals surface area contributed by atoms with Gasteiger partial charge in [0.2, 0.25) is 5.17 Å². The number of aryl methyl sites for hydroxylation is 1. The van der Waals surface area contributed by atoms with Crippen LogP contribution in [-0.4, -0.2) is 34.1 Å².